The van der Waals surface area contributed by atoms with Crippen LogP contribution in [0, 0.1) is 0 Å². The number of thioether (sulfide) groups is 1. The Morgan fingerprint density at radius 2 is 1.54 bits per heavy atom. The number of hydrogen-bond donors (Lipinski definition) is 1. The van der Waals surface area contributed by atoms with E-state index in [9.17, 15) is 18.0 Å². The number of anilines is 1. The van der Waals surface area contributed by atoms with Gasteiger partial charge in [-0.15, -0.1) is 11.8 Å². The van der Waals surface area contributed by atoms with Crippen LogP contribution in [0.1, 0.15) is 37.8 Å². The number of rotatable bonds is 17. The zero-order chi connectivity index (χ0) is 34.5. The Morgan fingerprint density at radius 1 is 0.875 bits per heavy atom. The Morgan fingerprint density at radius 3 is 2.15 bits per heavy atom. The molecule has 0 aromatic heterocycles. The first-order chi connectivity index (χ1) is 23.2. The van der Waals surface area contributed by atoms with Gasteiger partial charge in [0, 0.05) is 29.4 Å². The van der Waals surface area contributed by atoms with Gasteiger partial charge in [0.25, 0.3) is 10.0 Å². The van der Waals surface area contributed by atoms with E-state index >= 15 is 0 Å². The Bertz CT molecular complexity index is 1720. The summed E-state index contributed by atoms with van der Waals surface area (Å²) in [5.41, 5.74) is 1.90. The molecule has 1 atom stereocenters. The summed E-state index contributed by atoms with van der Waals surface area (Å²) in [6.07, 6.45) is 3.83. The van der Waals surface area contributed by atoms with Crippen LogP contribution in [0.4, 0.5) is 5.69 Å². The molecule has 1 N–H and O–H groups in total. The van der Waals surface area contributed by atoms with Crippen LogP contribution in [0.25, 0.3) is 0 Å². The minimum atomic E-state index is -4.22. The van der Waals surface area contributed by atoms with Crippen molar-refractivity contribution in [2.75, 3.05) is 30.3 Å². The number of unbranched alkanes of at least 4 members (excludes halogenated alkanes) is 1. The molecular weight excluding hydrogens is 666 g/mol. The lowest BCUT2D eigenvalue weighted by molar-refractivity contribution is -0.140. The van der Waals surface area contributed by atoms with Crippen molar-refractivity contribution in [3.05, 3.63) is 119 Å². The first-order valence-corrected chi connectivity index (χ1v) is 19.0. The van der Waals surface area contributed by atoms with Crippen LogP contribution in [0.2, 0.25) is 5.02 Å². The topological polar surface area (TPSA) is 96.0 Å². The molecule has 0 fully saturated rings. The van der Waals surface area contributed by atoms with Crippen molar-refractivity contribution >= 4 is 50.9 Å². The first-order valence-electron chi connectivity index (χ1n) is 15.9. The summed E-state index contributed by atoms with van der Waals surface area (Å²) < 4.78 is 35.3. The lowest BCUT2D eigenvalue weighted by Gasteiger charge is -2.34. The van der Waals surface area contributed by atoms with E-state index in [1.54, 1.807) is 60.7 Å². The number of ether oxygens (including phenoxy) is 1. The van der Waals surface area contributed by atoms with Crippen molar-refractivity contribution < 1.29 is 22.7 Å². The molecule has 0 unspecified atom stereocenters. The van der Waals surface area contributed by atoms with Gasteiger partial charge in [0.05, 0.1) is 17.2 Å². The number of carbonyl (C=O) groups is 2. The zero-order valence-corrected chi connectivity index (χ0v) is 29.9. The number of hydrogen-bond acceptors (Lipinski definition) is 6. The van der Waals surface area contributed by atoms with Gasteiger partial charge in [0.2, 0.25) is 11.8 Å². The fourth-order valence-electron chi connectivity index (χ4n) is 5.13. The molecular formula is C37H42ClN3O5S2. The Kier molecular flexibility index (Phi) is 13.8. The average molecular weight is 708 g/mol. The van der Waals surface area contributed by atoms with E-state index in [1.165, 1.54) is 28.8 Å². The summed E-state index contributed by atoms with van der Waals surface area (Å²) in [5, 5.41) is 3.54. The molecule has 8 nitrogen and oxygen atoms in total. The van der Waals surface area contributed by atoms with Crippen molar-refractivity contribution in [1.82, 2.24) is 10.2 Å². The highest BCUT2D eigenvalue weighted by atomic mass is 35.5. The normalized spacial score (nSPS) is 11.8. The molecule has 0 heterocycles. The summed E-state index contributed by atoms with van der Waals surface area (Å²) in [4.78, 5) is 30.9. The number of benzene rings is 4. The van der Waals surface area contributed by atoms with E-state index < -0.39 is 28.5 Å². The van der Waals surface area contributed by atoms with Gasteiger partial charge in [0.1, 0.15) is 18.3 Å². The molecule has 48 heavy (non-hydrogen) atoms. The van der Waals surface area contributed by atoms with E-state index in [0.717, 1.165) is 33.2 Å². The van der Waals surface area contributed by atoms with Gasteiger partial charge in [0.15, 0.2) is 0 Å². The van der Waals surface area contributed by atoms with E-state index in [-0.39, 0.29) is 23.8 Å². The number of sulfonamides is 1. The molecule has 0 saturated carbocycles. The molecule has 0 radical (unpaired) electrons. The third-order valence-electron chi connectivity index (χ3n) is 7.73. The monoisotopic (exact) mass is 707 g/mol. The maximum atomic E-state index is 14.6. The quantitative estimate of drug-likeness (QED) is 0.0921. The molecule has 2 amide bonds. The van der Waals surface area contributed by atoms with Gasteiger partial charge >= 0.3 is 0 Å². The predicted molar refractivity (Wildman–Crippen MR) is 194 cm³/mol. The molecule has 4 aromatic rings. The SMILES string of the molecule is CCCCNC(=O)[C@@H](Cc1ccccc1)N(Cc1ccc(Cl)cc1)C(=O)CN(c1ccc(OCC)cc1)S(=O)(=O)c1ccc(SC)cc1. The van der Waals surface area contributed by atoms with Crippen LogP contribution >= 0.6 is 23.4 Å². The van der Waals surface area contributed by atoms with Crippen LogP contribution < -0.4 is 14.4 Å². The Hall–Kier alpha value is -3.99. The second kappa shape index (κ2) is 18.0. The third-order valence-corrected chi connectivity index (χ3v) is 10.5. The van der Waals surface area contributed by atoms with Gasteiger partial charge in [-0.05, 0) is 91.4 Å². The number of amides is 2. The van der Waals surface area contributed by atoms with Crippen molar-refractivity contribution in [2.24, 2.45) is 0 Å². The number of carbonyl (C=O) groups excluding carboxylic acids is 2. The minimum Gasteiger partial charge on any atom is -0.494 e. The number of nitrogens with zero attached hydrogens (tertiary/aromatic N) is 2. The standard InChI is InChI=1S/C37H42ClN3O5S2/c1-4-6-24-39-37(43)35(25-28-10-8-7-9-11-28)40(26-29-12-14-30(38)15-13-29)36(42)27-41(31-16-18-32(19-17-31)46-5-2)48(44,45)34-22-20-33(47-3)21-23-34/h7-23,35H,4-6,24-27H2,1-3H3,(H,39,43)/t35-/m1/s1. The van der Waals surface area contributed by atoms with Crippen LogP contribution in [0.15, 0.2) is 113 Å². The number of nitrogens with one attached hydrogen (secondary N) is 1. The summed E-state index contributed by atoms with van der Waals surface area (Å²) in [7, 11) is -4.22. The lowest BCUT2D eigenvalue weighted by Crippen LogP contribution is -2.53. The summed E-state index contributed by atoms with van der Waals surface area (Å²) in [6, 6.07) is 28.7. The van der Waals surface area contributed by atoms with E-state index in [2.05, 4.69) is 5.32 Å². The fourth-order valence-corrected chi connectivity index (χ4v) is 7.07. The van der Waals surface area contributed by atoms with Crippen molar-refractivity contribution in [1.29, 1.82) is 0 Å². The summed E-state index contributed by atoms with van der Waals surface area (Å²) >= 11 is 7.67. The van der Waals surface area contributed by atoms with Gasteiger partial charge < -0.3 is 15.0 Å². The minimum absolute atomic E-state index is 0.0457. The average Bonchev–Trinajstić information content (AvgIpc) is 3.10. The van der Waals surface area contributed by atoms with Gasteiger partial charge in [-0.2, -0.15) is 0 Å². The van der Waals surface area contributed by atoms with E-state index in [4.69, 9.17) is 16.3 Å². The molecule has 0 aliphatic rings. The maximum absolute atomic E-state index is 14.6. The first kappa shape index (κ1) is 36.8. The summed E-state index contributed by atoms with van der Waals surface area (Å²) in [5.74, 6) is -0.266. The second-order valence-electron chi connectivity index (χ2n) is 11.1. The van der Waals surface area contributed by atoms with Crippen LogP contribution in [0.3, 0.4) is 0 Å². The van der Waals surface area contributed by atoms with E-state index in [1.807, 2.05) is 50.4 Å². The number of halogens is 1. The third kappa shape index (κ3) is 10.0. The van der Waals surface area contributed by atoms with E-state index in [0.29, 0.717) is 29.6 Å². The van der Waals surface area contributed by atoms with Crippen LogP contribution in [-0.4, -0.2) is 57.1 Å². The molecule has 0 saturated heterocycles. The van der Waals surface area contributed by atoms with Gasteiger partial charge in [-0.1, -0.05) is 67.4 Å². The van der Waals surface area contributed by atoms with Crippen molar-refractivity contribution in [3.8, 4) is 5.75 Å². The van der Waals surface area contributed by atoms with Gasteiger partial charge in [-0.3, -0.25) is 13.9 Å². The Labute approximate surface area is 293 Å². The summed E-state index contributed by atoms with van der Waals surface area (Å²) in [6.45, 7) is 4.33. The fraction of sp³-hybridized carbons (Fsp3) is 0.297. The van der Waals surface area contributed by atoms with Crippen molar-refractivity contribution in [3.63, 3.8) is 0 Å². The second-order valence-corrected chi connectivity index (χ2v) is 14.3. The predicted octanol–water partition coefficient (Wildman–Crippen LogP) is 7.21. The molecule has 4 rings (SSSR count). The highest BCUT2D eigenvalue weighted by molar-refractivity contribution is 7.98. The molecule has 0 spiro atoms. The molecule has 0 bridgehead atoms. The van der Waals surface area contributed by atoms with Crippen molar-refractivity contribution in [2.45, 2.75) is 55.5 Å². The molecule has 0 aliphatic heterocycles. The molecule has 254 valence electrons. The lowest BCUT2D eigenvalue weighted by atomic mass is 10.0. The Balaban J connectivity index is 1.79. The van der Waals surface area contributed by atoms with Gasteiger partial charge in [-0.25, -0.2) is 8.42 Å². The van der Waals surface area contributed by atoms with Crippen LogP contribution in [0.5, 0.6) is 5.75 Å². The maximum Gasteiger partial charge on any atom is 0.264 e. The molecule has 0 aliphatic carbocycles. The zero-order valence-electron chi connectivity index (χ0n) is 27.5. The highest BCUT2D eigenvalue weighted by Crippen LogP contribution is 2.28. The van der Waals surface area contributed by atoms with Crippen LogP contribution in [-0.2, 0) is 32.6 Å². The molecule has 11 heteroatoms. The highest BCUT2D eigenvalue weighted by Gasteiger charge is 2.34. The largest absolute Gasteiger partial charge is 0.494 e. The molecule has 4 aromatic carbocycles. The smallest absolute Gasteiger partial charge is 0.264 e.